The van der Waals surface area contributed by atoms with E-state index >= 15 is 0 Å². The molecule has 0 radical (unpaired) electrons. The molecular formula is C38H41F3N8O7. The number of allylic oxidation sites excluding steroid dienone is 3. The van der Waals surface area contributed by atoms with Gasteiger partial charge in [0.1, 0.15) is 12.1 Å². The normalized spacial score (nSPS) is 16.5. The van der Waals surface area contributed by atoms with Crippen molar-refractivity contribution in [2.24, 2.45) is 0 Å². The van der Waals surface area contributed by atoms with Crippen LogP contribution in [0.25, 0.3) is 0 Å². The quantitative estimate of drug-likeness (QED) is 0.0838. The Morgan fingerprint density at radius 1 is 1.04 bits per heavy atom. The second kappa shape index (κ2) is 18.4. The highest BCUT2D eigenvalue weighted by molar-refractivity contribution is 6.35. The van der Waals surface area contributed by atoms with Crippen molar-refractivity contribution < 1.29 is 46.9 Å². The second-order valence-corrected chi connectivity index (χ2v) is 12.8. The molecule has 1 saturated carbocycles. The van der Waals surface area contributed by atoms with Gasteiger partial charge in [-0.2, -0.15) is 28.1 Å². The average molecular weight is 779 g/mol. The summed E-state index contributed by atoms with van der Waals surface area (Å²) in [6.45, 7) is 4.00. The molecule has 5 rings (SSSR count). The van der Waals surface area contributed by atoms with Crippen molar-refractivity contribution in [2.75, 3.05) is 36.9 Å². The molecule has 1 fully saturated rings. The smallest absolute Gasteiger partial charge is 0.422 e. The number of aromatic nitrogens is 3. The predicted molar refractivity (Wildman–Crippen MR) is 198 cm³/mol. The standard InChI is InChI=1S/C38H41F3N8O7/c1-3-5-10-25(8-4-2)37(17-18-37)49-35-46-34(47-36(48-35)56-22-38(39,40)41)44-26-14-12-24(13-15-26)30(50)45-28(33(53)54)20-42-31(51)32(52)43-21-29-27-11-7-6-9-23(27)16-19-55-29/h4-15,28-29H,2-3,16-22H2,1H3,(H,42,51)(H,43,52)(H,45,50)(H,53,54)(H2,44,46,47,48,49)/b10-5-,25-8+/t28-,29?/m1/s1. The minimum atomic E-state index is -4.65. The highest BCUT2D eigenvalue weighted by Crippen LogP contribution is 2.45. The number of carboxylic acids is 1. The van der Waals surface area contributed by atoms with Crippen molar-refractivity contribution in [1.29, 1.82) is 0 Å². The summed E-state index contributed by atoms with van der Waals surface area (Å²) in [6.07, 6.45) is 5.18. The third kappa shape index (κ3) is 11.4. The topological polar surface area (TPSA) is 206 Å². The van der Waals surface area contributed by atoms with Crippen molar-refractivity contribution >= 4 is 41.3 Å². The number of alkyl halides is 3. The number of carbonyl (C=O) groups excluding carboxylic acids is 3. The van der Waals surface area contributed by atoms with Crippen molar-refractivity contribution in [3.63, 3.8) is 0 Å². The van der Waals surface area contributed by atoms with Crippen LogP contribution in [-0.2, 0) is 25.5 Å². The maximum absolute atomic E-state index is 13.0. The van der Waals surface area contributed by atoms with E-state index in [4.69, 9.17) is 9.47 Å². The number of nitrogens with zero attached hydrogens (tertiary/aromatic N) is 3. The van der Waals surface area contributed by atoms with Crippen LogP contribution in [0, 0.1) is 0 Å². The Hall–Kier alpha value is -6.30. The van der Waals surface area contributed by atoms with Crippen LogP contribution in [0.3, 0.4) is 0 Å². The van der Waals surface area contributed by atoms with Crippen LogP contribution in [0.15, 0.2) is 85.0 Å². The van der Waals surface area contributed by atoms with Crippen molar-refractivity contribution in [3.05, 3.63) is 102 Å². The number of anilines is 3. The van der Waals surface area contributed by atoms with Crippen LogP contribution in [-0.4, -0.2) is 87.8 Å². The minimum Gasteiger partial charge on any atom is -0.480 e. The average Bonchev–Trinajstić information content (AvgIpc) is 3.95. The van der Waals surface area contributed by atoms with Crippen molar-refractivity contribution in [1.82, 2.24) is 30.9 Å². The number of benzene rings is 2. The first kappa shape index (κ1) is 40.9. The minimum absolute atomic E-state index is 0.0255. The van der Waals surface area contributed by atoms with Gasteiger partial charge in [-0.05, 0) is 66.6 Å². The Morgan fingerprint density at radius 2 is 1.75 bits per heavy atom. The summed E-state index contributed by atoms with van der Waals surface area (Å²) in [5.41, 5.74) is 2.65. The molecule has 1 aromatic heterocycles. The Kier molecular flexibility index (Phi) is 13.4. The van der Waals surface area contributed by atoms with Crippen LogP contribution in [0.5, 0.6) is 6.01 Å². The lowest BCUT2D eigenvalue weighted by Gasteiger charge is -2.26. The first-order chi connectivity index (χ1) is 26.8. The van der Waals surface area contributed by atoms with E-state index in [1.54, 1.807) is 6.08 Å². The van der Waals surface area contributed by atoms with Gasteiger partial charge >= 0.3 is 30.0 Å². The van der Waals surface area contributed by atoms with Crippen molar-refractivity contribution in [3.8, 4) is 6.01 Å². The number of carbonyl (C=O) groups is 4. The summed E-state index contributed by atoms with van der Waals surface area (Å²) in [5, 5.41) is 22.8. The molecule has 0 spiro atoms. The highest BCUT2D eigenvalue weighted by atomic mass is 19.4. The van der Waals surface area contributed by atoms with Crippen LogP contribution >= 0.6 is 0 Å². The van der Waals surface area contributed by atoms with Crippen LogP contribution < -0.4 is 31.3 Å². The molecule has 1 aliphatic carbocycles. The third-order valence-corrected chi connectivity index (χ3v) is 8.68. The number of carboxylic acid groups (broad SMARTS) is 1. The highest BCUT2D eigenvalue weighted by Gasteiger charge is 2.46. The van der Waals surface area contributed by atoms with E-state index < -0.39 is 66.7 Å². The number of fused-ring (bicyclic) bond motifs is 1. The van der Waals surface area contributed by atoms with Crippen LogP contribution in [0.4, 0.5) is 30.8 Å². The second-order valence-electron chi connectivity index (χ2n) is 12.8. The number of aliphatic carboxylic acids is 1. The largest absolute Gasteiger partial charge is 0.480 e. The van der Waals surface area contributed by atoms with E-state index in [2.05, 4.69) is 48.1 Å². The molecule has 2 aromatic carbocycles. The summed E-state index contributed by atoms with van der Waals surface area (Å²) < 4.78 is 49.5. The molecule has 296 valence electrons. The molecule has 2 aliphatic rings. The molecule has 0 saturated heterocycles. The Balaban J connectivity index is 1.19. The summed E-state index contributed by atoms with van der Waals surface area (Å²) in [4.78, 5) is 62.1. The molecule has 1 aliphatic heterocycles. The predicted octanol–water partition coefficient (Wildman–Crippen LogP) is 4.31. The van der Waals surface area contributed by atoms with Gasteiger partial charge in [0.2, 0.25) is 11.9 Å². The molecule has 0 bridgehead atoms. The summed E-state index contributed by atoms with van der Waals surface area (Å²) >= 11 is 0. The summed E-state index contributed by atoms with van der Waals surface area (Å²) in [5.74, 6) is -4.56. The number of hydrogen-bond acceptors (Lipinski definition) is 11. The van der Waals surface area contributed by atoms with Crippen molar-refractivity contribution in [2.45, 2.75) is 56.5 Å². The zero-order valence-electron chi connectivity index (χ0n) is 30.3. The third-order valence-electron chi connectivity index (χ3n) is 8.68. The number of hydrogen-bond donors (Lipinski definition) is 6. The molecule has 3 amide bonds. The molecule has 2 heterocycles. The van der Waals surface area contributed by atoms with Crippen LogP contribution in [0.2, 0.25) is 0 Å². The SMILES string of the molecule is C=C/C=C(\C=C/CC)C1(Nc2nc(Nc3ccc(C(=O)N[C@H](CNC(=O)C(=O)NCC4OCCc5ccccc54)C(=O)O)cc3)nc(OCC(F)(F)F)n2)CC1. The van der Waals surface area contributed by atoms with Gasteiger partial charge in [0.05, 0.1) is 12.1 Å². The number of nitrogens with one attached hydrogen (secondary N) is 5. The van der Waals surface area contributed by atoms with E-state index in [1.807, 2.05) is 49.4 Å². The monoisotopic (exact) mass is 778 g/mol. The molecular weight excluding hydrogens is 737 g/mol. The molecule has 3 aromatic rings. The fourth-order valence-electron chi connectivity index (χ4n) is 5.71. The van der Waals surface area contributed by atoms with E-state index in [1.165, 1.54) is 24.3 Å². The van der Waals surface area contributed by atoms with Gasteiger partial charge in [0, 0.05) is 24.3 Å². The molecule has 15 nitrogen and oxygen atoms in total. The van der Waals surface area contributed by atoms with E-state index in [9.17, 15) is 37.5 Å². The molecule has 1 unspecified atom stereocenters. The van der Waals surface area contributed by atoms with Gasteiger partial charge in [-0.1, -0.05) is 62.1 Å². The number of amides is 3. The van der Waals surface area contributed by atoms with E-state index in [0.717, 1.165) is 29.5 Å². The lowest BCUT2D eigenvalue weighted by Crippen LogP contribution is -2.51. The molecule has 56 heavy (non-hydrogen) atoms. The lowest BCUT2D eigenvalue weighted by molar-refractivity contribution is -0.154. The van der Waals surface area contributed by atoms with Crippen LogP contribution in [0.1, 0.15) is 53.8 Å². The first-order valence-corrected chi connectivity index (χ1v) is 17.7. The number of ether oxygens (including phenoxy) is 2. The van der Waals surface area contributed by atoms with Gasteiger partial charge in [0.15, 0.2) is 6.61 Å². The Morgan fingerprint density at radius 3 is 2.43 bits per heavy atom. The molecule has 2 atom stereocenters. The maximum Gasteiger partial charge on any atom is 0.422 e. The molecule has 18 heteroatoms. The number of halogens is 3. The lowest BCUT2D eigenvalue weighted by atomic mass is 9.97. The van der Waals surface area contributed by atoms with Gasteiger partial charge in [-0.3, -0.25) is 14.4 Å². The fourth-order valence-corrected chi connectivity index (χ4v) is 5.71. The van der Waals surface area contributed by atoms with Gasteiger partial charge < -0.3 is 41.2 Å². The Labute approximate surface area is 319 Å². The Bertz CT molecular complexity index is 1980. The zero-order chi connectivity index (χ0) is 40.3. The number of rotatable bonds is 17. The summed E-state index contributed by atoms with van der Waals surface area (Å²) in [7, 11) is 0. The van der Waals surface area contributed by atoms with Gasteiger partial charge in [-0.15, -0.1) is 0 Å². The van der Waals surface area contributed by atoms with E-state index in [0.29, 0.717) is 25.1 Å². The molecule has 6 N–H and O–H groups in total. The maximum atomic E-state index is 13.0. The summed E-state index contributed by atoms with van der Waals surface area (Å²) in [6, 6.07) is 11.0. The van der Waals surface area contributed by atoms with Gasteiger partial charge in [0.25, 0.3) is 5.91 Å². The first-order valence-electron chi connectivity index (χ1n) is 17.7. The zero-order valence-corrected chi connectivity index (χ0v) is 30.3. The van der Waals surface area contributed by atoms with E-state index in [-0.39, 0.29) is 24.0 Å². The van der Waals surface area contributed by atoms with Gasteiger partial charge in [-0.25, -0.2) is 4.79 Å². The fraction of sp³-hybridized carbons (Fsp3) is 0.342.